The molecule has 0 spiro atoms. The summed E-state index contributed by atoms with van der Waals surface area (Å²) in [6, 6.07) is 8.34. The maximum absolute atomic E-state index is 12.2. The van der Waals surface area contributed by atoms with Crippen LogP contribution in [0.15, 0.2) is 41.4 Å². The van der Waals surface area contributed by atoms with Crippen LogP contribution >= 0.6 is 34.3 Å². The van der Waals surface area contributed by atoms with Crippen molar-refractivity contribution in [2.24, 2.45) is 4.99 Å². The van der Waals surface area contributed by atoms with Crippen LogP contribution in [0.1, 0.15) is 4.88 Å². The Morgan fingerprint density at radius 2 is 2.19 bits per heavy atom. The van der Waals surface area contributed by atoms with E-state index in [0.29, 0.717) is 14.7 Å². The molecule has 3 rings (SSSR count). The highest BCUT2D eigenvalue weighted by Gasteiger charge is 2.09. The van der Waals surface area contributed by atoms with Gasteiger partial charge in [0.15, 0.2) is 4.80 Å². The van der Waals surface area contributed by atoms with Crippen molar-refractivity contribution in [3.63, 3.8) is 0 Å². The van der Waals surface area contributed by atoms with Gasteiger partial charge in [-0.1, -0.05) is 40.2 Å². The van der Waals surface area contributed by atoms with Gasteiger partial charge >= 0.3 is 5.00 Å². The predicted molar refractivity (Wildman–Crippen MR) is 104 cm³/mol. The largest absolute Gasteiger partial charge is 0.324 e. The molecule has 0 radical (unpaired) electrons. The van der Waals surface area contributed by atoms with E-state index in [2.05, 4.69) is 10.9 Å². The predicted octanol–water partition coefficient (Wildman–Crippen LogP) is 4.10. The number of nitro groups is 1. The molecule has 130 valence electrons. The van der Waals surface area contributed by atoms with Crippen molar-refractivity contribution < 1.29 is 9.72 Å². The van der Waals surface area contributed by atoms with E-state index in [4.69, 9.17) is 18.0 Å². The fraction of sp³-hybridized carbons (Fsp3) is 0.0588. The highest BCUT2D eigenvalue weighted by atomic mass is 35.5. The lowest BCUT2D eigenvalue weighted by Crippen LogP contribution is -2.15. The quantitative estimate of drug-likeness (QED) is 0.285. The fourth-order valence-electron chi connectivity index (χ4n) is 2.19. The smallest absolute Gasteiger partial charge is 0.305 e. The second kappa shape index (κ2) is 7.66. The molecular formula is C17H10ClN3O3S2. The van der Waals surface area contributed by atoms with Gasteiger partial charge in [0.1, 0.15) is 0 Å². The molecule has 0 saturated heterocycles. The van der Waals surface area contributed by atoms with Gasteiger partial charge in [-0.2, -0.15) is 4.99 Å². The maximum atomic E-state index is 12.2. The molecule has 2 heterocycles. The first-order valence-corrected chi connectivity index (χ1v) is 9.22. The molecule has 6 nitrogen and oxygen atoms in total. The summed E-state index contributed by atoms with van der Waals surface area (Å²) in [4.78, 5) is 27.5. The molecule has 3 aromatic rings. The van der Waals surface area contributed by atoms with Gasteiger partial charge in [-0.3, -0.25) is 14.9 Å². The first-order valence-electron chi connectivity index (χ1n) is 7.21. The number of aromatic nitrogens is 1. The van der Waals surface area contributed by atoms with Crippen LogP contribution in [-0.4, -0.2) is 15.4 Å². The first kappa shape index (κ1) is 18.1. The average Bonchev–Trinajstić information content (AvgIpc) is 3.19. The molecule has 0 aliphatic rings. The minimum Gasteiger partial charge on any atom is -0.305 e. The van der Waals surface area contributed by atoms with E-state index in [0.717, 1.165) is 21.6 Å². The molecule has 0 saturated carbocycles. The average molecular weight is 404 g/mol. The number of hydrogen-bond acceptors (Lipinski definition) is 5. The zero-order valence-corrected chi connectivity index (χ0v) is 15.5. The zero-order chi connectivity index (χ0) is 18.7. The number of carbonyl (C=O) groups excluding carboxylic acids is 1. The minimum atomic E-state index is -0.482. The highest BCUT2D eigenvalue weighted by molar-refractivity contribution is 7.16. The van der Waals surface area contributed by atoms with Crippen LogP contribution in [-0.2, 0) is 11.3 Å². The molecular weight excluding hydrogens is 394 g/mol. The number of fused-ring (bicyclic) bond motifs is 1. The normalized spacial score (nSPS) is 11.9. The van der Waals surface area contributed by atoms with Crippen molar-refractivity contribution in [2.45, 2.75) is 6.54 Å². The maximum Gasteiger partial charge on any atom is 0.324 e. The summed E-state index contributed by atoms with van der Waals surface area (Å²) < 4.78 is 2.63. The number of thiazole rings is 1. The van der Waals surface area contributed by atoms with E-state index < -0.39 is 10.8 Å². The SMILES string of the molecule is C#CCn1c(=NC(=O)/C=C\c2ccc([N+](=O)[O-])s2)sc2cc(Cl)ccc21. The van der Waals surface area contributed by atoms with E-state index >= 15 is 0 Å². The van der Waals surface area contributed by atoms with Crippen LogP contribution in [0.25, 0.3) is 16.3 Å². The minimum absolute atomic E-state index is 0.0160. The Labute approximate surface area is 160 Å². The molecule has 0 atom stereocenters. The third kappa shape index (κ3) is 3.91. The van der Waals surface area contributed by atoms with E-state index in [1.54, 1.807) is 22.8 Å². The van der Waals surface area contributed by atoms with E-state index in [1.807, 2.05) is 6.07 Å². The van der Waals surface area contributed by atoms with Gasteiger partial charge in [-0.05, 0) is 30.3 Å². The van der Waals surface area contributed by atoms with Crippen LogP contribution in [0, 0.1) is 22.5 Å². The lowest BCUT2D eigenvalue weighted by atomic mass is 10.3. The van der Waals surface area contributed by atoms with Crippen molar-refractivity contribution in [3.05, 3.63) is 61.2 Å². The Bertz CT molecular complexity index is 1150. The van der Waals surface area contributed by atoms with Crippen molar-refractivity contribution in [3.8, 4) is 12.3 Å². The third-order valence-electron chi connectivity index (χ3n) is 3.28. The topological polar surface area (TPSA) is 77.5 Å². The molecule has 0 aliphatic carbocycles. The Hall–Kier alpha value is -2.73. The number of nitrogens with zero attached hydrogens (tertiary/aromatic N) is 3. The van der Waals surface area contributed by atoms with E-state index in [9.17, 15) is 14.9 Å². The second-order valence-electron chi connectivity index (χ2n) is 5.00. The molecule has 1 amide bonds. The monoisotopic (exact) mass is 403 g/mol. The fourth-order valence-corrected chi connectivity index (χ4v) is 4.23. The Kier molecular flexibility index (Phi) is 5.32. The summed E-state index contributed by atoms with van der Waals surface area (Å²) in [7, 11) is 0. The number of terminal acetylenes is 1. The van der Waals surface area contributed by atoms with Crippen molar-refractivity contribution in [1.82, 2.24) is 4.57 Å². The number of benzene rings is 1. The van der Waals surface area contributed by atoms with Crippen molar-refractivity contribution >= 4 is 61.5 Å². The summed E-state index contributed by atoms with van der Waals surface area (Å²) in [5, 5.41) is 11.3. The molecule has 2 aromatic heterocycles. The number of carbonyl (C=O) groups is 1. The number of rotatable bonds is 4. The molecule has 0 unspecified atom stereocenters. The molecule has 9 heteroatoms. The van der Waals surface area contributed by atoms with Gasteiger partial charge in [0, 0.05) is 22.0 Å². The van der Waals surface area contributed by atoms with Crippen LogP contribution in [0.4, 0.5) is 5.00 Å². The van der Waals surface area contributed by atoms with Crippen LogP contribution in [0.5, 0.6) is 0 Å². The number of halogens is 1. The molecule has 0 N–H and O–H groups in total. The standard InChI is InChI=1S/C17H10ClN3O3S2/c1-2-9-20-13-6-3-11(18)10-14(13)26-17(20)19-15(22)7-4-12-5-8-16(25-12)21(23)24/h1,3-8,10H,9H2/b7-4-,19-17?. The lowest BCUT2D eigenvalue weighted by Gasteiger charge is -1.99. The lowest BCUT2D eigenvalue weighted by molar-refractivity contribution is -0.380. The summed E-state index contributed by atoms with van der Waals surface area (Å²) in [5.41, 5.74) is 0.849. The summed E-state index contributed by atoms with van der Waals surface area (Å²) >= 11 is 8.30. The van der Waals surface area contributed by atoms with Crippen molar-refractivity contribution in [1.29, 1.82) is 0 Å². The van der Waals surface area contributed by atoms with Crippen LogP contribution in [0.3, 0.4) is 0 Å². The number of thiophene rings is 1. The van der Waals surface area contributed by atoms with Crippen LogP contribution in [0.2, 0.25) is 5.02 Å². The summed E-state index contributed by atoms with van der Waals surface area (Å²) in [5.74, 6) is 2.06. The Morgan fingerprint density at radius 1 is 1.38 bits per heavy atom. The van der Waals surface area contributed by atoms with Gasteiger partial charge < -0.3 is 4.57 Å². The number of amides is 1. The van der Waals surface area contributed by atoms with Crippen LogP contribution < -0.4 is 4.80 Å². The van der Waals surface area contributed by atoms with Gasteiger partial charge in [-0.15, -0.1) is 6.42 Å². The molecule has 0 aliphatic heterocycles. The molecule has 0 fully saturated rings. The molecule has 26 heavy (non-hydrogen) atoms. The molecule has 1 aromatic carbocycles. The second-order valence-corrected chi connectivity index (χ2v) is 7.54. The highest BCUT2D eigenvalue weighted by Crippen LogP contribution is 2.25. The molecule has 0 bridgehead atoms. The third-order valence-corrected chi connectivity index (χ3v) is 5.56. The van der Waals surface area contributed by atoms with E-state index in [-0.39, 0.29) is 11.5 Å². The number of hydrogen-bond donors (Lipinski definition) is 0. The zero-order valence-electron chi connectivity index (χ0n) is 13.1. The van der Waals surface area contributed by atoms with Gasteiger partial charge in [0.25, 0.3) is 5.91 Å². The van der Waals surface area contributed by atoms with Gasteiger partial charge in [0.05, 0.1) is 21.7 Å². The van der Waals surface area contributed by atoms with Gasteiger partial charge in [-0.25, -0.2) is 0 Å². The summed E-state index contributed by atoms with van der Waals surface area (Å²) in [6.07, 6.45) is 8.19. The Balaban J connectivity index is 1.94. The van der Waals surface area contributed by atoms with Gasteiger partial charge in [0.2, 0.25) is 0 Å². The van der Waals surface area contributed by atoms with Crippen molar-refractivity contribution in [2.75, 3.05) is 0 Å². The Morgan fingerprint density at radius 3 is 2.88 bits per heavy atom. The van der Waals surface area contributed by atoms with E-state index in [1.165, 1.54) is 29.6 Å². The first-order chi connectivity index (χ1) is 12.5. The summed E-state index contributed by atoms with van der Waals surface area (Å²) in [6.45, 7) is 0.272.